The number of aromatic hydroxyl groups is 1. The molecule has 0 spiro atoms. The highest BCUT2D eigenvalue weighted by Gasteiger charge is 2.53. The van der Waals surface area contributed by atoms with Crippen LogP contribution in [0.2, 0.25) is 0 Å². The minimum Gasteiger partial charge on any atom is -0.502 e. The number of esters is 1. The average Bonchev–Trinajstić information content (AvgIpc) is 3.54. The Morgan fingerprint density at radius 1 is 1.00 bits per heavy atom. The molecule has 3 aliphatic rings. The van der Waals surface area contributed by atoms with E-state index in [0.717, 1.165) is 11.6 Å². The number of carbonyl (C=O) groups excluding carboxylic acids is 2. The highest BCUT2D eigenvalue weighted by Crippen LogP contribution is 2.55. The van der Waals surface area contributed by atoms with E-state index >= 15 is 0 Å². The molecule has 2 aliphatic heterocycles. The van der Waals surface area contributed by atoms with Gasteiger partial charge in [-0.3, -0.25) is 9.59 Å². The second kappa shape index (κ2) is 9.13. The number of nitrogens with one attached hydrogen (secondary N) is 1. The van der Waals surface area contributed by atoms with Gasteiger partial charge in [0.15, 0.2) is 23.0 Å². The van der Waals surface area contributed by atoms with E-state index in [1.165, 1.54) is 32.4 Å². The molecule has 38 heavy (non-hydrogen) atoms. The van der Waals surface area contributed by atoms with Crippen molar-refractivity contribution in [2.75, 3.05) is 27.6 Å². The molecule has 196 valence electrons. The normalized spacial score (nSPS) is 22.8. The molecular formula is C28H24FNO8. The Balaban J connectivity index is 1.52. The summed E-state index contributed by atoms with van der Waals surface area (Å²) >= 11 is 0. The van der Waals surface area contributed by atoms with Gasteiger partial charge in [0.1, 0.15) is 5.82 Å². The van der Waals surface area contributed by atoms with Crippen LogP contribution in [0, 0.1) is 17.7 Å². The standard InChI is InChI=1S/C28H24FNO8/c1-34-21-7-14(8-22(35-2)26(21)31)23-16-9-19-20(38-12-37-19)10-17(16)25(18-11-36-28(33)24(18)23)30-27(32)13-4-3-5-15(29)6-13/h3-10,18,23-25,31H,11-12H2,1-2H3,(H,30,32)/t18-,23+,24-,25+/m0/s1. The van der Waals surface area contributed by atoms with E-state index in [-0.39, 0.29) is 36.2 Å². The molecule has 0 unspecified atom stereocenters. The molecule has 3 aromatic carbocycles. The number of phenolic OH excluding ortho intramolecular Hbond substituents is 1. The van der Waals surface area contributed by atoms with Crippen molar-refractivity contribution < 1.29 is 42.8 Å². The number of phenols is 1. The second-order valence-electron chi connectivity index (χ2n) is 9.37. The molecule has 2 heterocycles. The zero-order valence-corrected chi connectivity index (χ0v) is 20.5. The van der Waals surface area contributed by atoms with Crippen LogP contribution < -0.4 is 24.3 Å². The van der Waals surface area contributed by atoms with Crippen molar-refractivity contribution in [3.05, 3.63) is 76.6 Å². The van der Waals surface area contributed by atoms with E-state index in [9.17, 15) is 19.1 Å². The summed E-state index contributed by atoms with van der Waals surface area (Å²) in [4.78, 5) is 26.4. The molecule has 0 bridgehead atoms. The molecular weight excluding hydrogens is 497 g/mol. The highest BCUT2D eigenvalue weighted by atomic mass is 19.1. The van der Waals surface area contributed by atoms with Crippen molar-refractivity contribution in [1.29, 1.82) is 0 Å². The van der Waals surface area contributed by atoms with Crippen LogP contribution in [0.15, 0.2) is 48.5 Å². The van der Waals surface area contributed by atoms with Gasteiger partial charge in [-0.2, -0.15) is 0 Å². The zero-order valence-electron chi connectivity index (χ0n) is 20.5. The maximum absolute atomic E-state index is 13.8. The summed E-state index contributed by atoms with van der Waals surface area (Å²) in [5.74, 6) is -1.86. The summed E-state index contributed by atoms with van der Waals surface area (Å²) in [6, 6.07) is 11.7. The number of halogens is 1. The van der Waals surface area contributed by atoms with Gasteiger partial charge in [0.2, 0.25) is 12.5 Å². The Morgan fingerprint density at radius 3 is 2.34 bits per heavy atom. The molecule has 2 N–H and O–H groups in total. The Morgan fingerprint density at radius 2 is 1.68 bits per heavy atom. The minimum atomic E-state index is -0.681. The summed E-state index contributed by atoms with van der Waals surface area (Å²) in [6.07, 6.45) is 0. The van der Waals surface area contributed by atoms with E-state index < -0.39 is 41.5 Å². The lowest BCUT2D eigenvalue weighted by Crippen LogP contribution is -2.42. The van der Waals surface area contributed by atoms with Crippen molar-refractivity contribution in [2.45, 2.75) is 12.0 Å². The molecule has 1 saturated heterocycles. The number of hydrogen-bond donors (Lipinski definition) is 2. The van der Waals surface area contributed by atoms with Gasteiger partial charge in [0.25, 0.3) is 5.91 Å². The second-order valence-corrected chi connectivity index (χ2v) is 9.37. The Hall–Kier alpha value is -4.47. The summed E-state index contributed by atoms with van der Waals surface area (Å²) in [5.41, 5.74) is 2.24. The number of ether oxygens (including phenoxy) is 5. The molecule has 1 amide bonds. The van der Waals surface area contributed by atoms with Crippen molar-refractivity contribution in [3.8, 4) is 28.7 Å². The topological polar surface area (TPSA) is 113 Å². The smallest absolute Gasteiger partial charge is 0.310 e. The first-order valence-electron chi connectivity index (χ1n) is 12.0. The Bertz CT molecular complexity index is 1430. The van der Waals surface area contributed by atoms with Crippen LogP contribution >= 0.6 is 0 Å². The zero-order chi connectivity index (χ0) is 26.6. The number of carbonyl (C=O) groups is 2. The van der Waals surface area contributed by atoms with Crippen LogP contribution in [0.5, 0.6) is 28.7 Å². The predicted molar refractivity (Wildman–Crippen MR) is 130 cm³/mol. The molecule has 1 aliphatic carbocycles. The molecule has 0 aromatic heterocycles. The highest BCUT2D eigenvalue weighted by molar-refractivity contribution is 5.94. The van der Waals surface area contributed by atoms with Crippen molar-refractivity contribution in [2.24, 2.45) is 11.8 Å². The number of cyclic esters (lactones) is 1. The number of fused-ring (bicyclic) bond motifs is 3. The van der Waals surface area contributed by atoms with Gasteiger partial charge in [-0.1, -0.05) is 6.07 Å². The third-order valence-electron chi connectivity index (χ3n) is 7.42. The number of amides is 1. The van der Waals surface area contributed by atoms with Crippen LogP contribution in [0.25, 0.3) is 0 Å². The van der Waals surface area contributed by atoms with Crippen molar-refractivity contribution >= 4 is 11.9 Å². The molecule has 10 heteroatoms. The van der Waals surface area contributed by atoms with E-state index in [1.54, 1.807) is 24.3 Å². The maximum Gasteiger partial charge on any atom is 0.310 e. The lowest BCUT2D eigenvalue weighted by Gasteiger charge is -2.39. The van der Waals surface area contributed by atoms with Gasteiger partial charge in [0.05, 0.1) is 32.8 Å². The first-order chi connectivity index (χ1) is 18.4. The number of benzene rings is 3. The third kappa shape index (κ3) is 3.75. The summed E-state index contributed by atoms with van der Waals surface area (Å²) in [6.45, 7) is 0.118. The molecule has 9 nitrogen and oxygen atoms in total. The summed E-state index contributed by atoms with van der Waals surface area (Å²) in [5, 5.41) is 13.5. The summed E-state index contributed by atoms with van der Waals surface area (Å²) < 4.78 is 41.4. The monoisotopic (exact) mass is 521 g/mol. The van der Waals surface area contributed by atoms with E-state index in [1.807, 2.05) is 0 Å². The number of methoxy groups -OCH3 is 2. The van der Waals surface area contributed by atoms with Gasteiger partial charge in [-0.05, 0) is 59.2 Å². The van der Waals surface area contributed by atoms with Crippen LogP contribution in [-0.2, 0) is 9.53 Å². The van der Waals surface area contributed by atoms with Crippen molar-refractivity contribution in [3.63, 3.8) is 0 Å². The number of rotatable bonds is 5. The predicted octanol–water partition coefficient (Wildman–Crippen LogP) is 3.68. The van der Waals surface area contributed by atoms with Gasteiger partial charge >= 0.3 is 5.97 Å². The first kappa shape index (κ1) is 23.9. The maximum atomic E-state index is 13.8. The summed E-state index contributed by atoms with van der Waals surface area (Å²) in [7, 11) is 2.85. The van der Waals surface area contributed by atoms with E-state index in [4.69, 9.17) is 23.7 Å². The minimum absolute atomic E-state index is 0.0406. The molecule has 1 fully saturated rings. The number of hydrogen-bond acceptors (Lipinski definition) is 8. The molecule has 4 atom stereocenters. The largest absolute Gasteiger partial charge is 0.502 e. The van der Waals surface area contributed by atoms with Crippen LogP contribution in [0.3, 0.4) is 0 Å². The van der Waals surface area contributed by atoms with Crippen molar-refractivity contribution in [1.82, 2.24) is 5.32 Å². The Labute approximate surface area is 217 Å². The van der Waals surface area contributed by atoms with Crippen LogP contribution in [0.1, 0.15) is 39.0 Å². The van der Waals surface area contributed by atoms with E-state index in [2.05, 4.69) is 5.32 Å². The van der Waals surface area contributed by atoms with Gasteiger partial charge in [-0.15, -0.1) is 0 Å². The fourth-order valence-corrected chi connectivity index (χ4v) is 5.70. The van der Waals surface area contributed by atoms with Gasteiger partial charge in [-0.25, -0.2) is 4.39 Å². The Kier molecular flexibility index (Phi) is 5.74. The van der Waals surface area contributed by atoms with Gasteiger partial charge < -0.3 is 34.1 Å². The average molecular weight is 521 g/mol. The van der Waals surface area contributed by atoms with Crippen LogP contribution in [0.4, 0.5) is 4.39 Å². The SMILES string of the molecule is COc1cc([C@@H]2c3cc4c(cc3[C@@H](NC(=O)c3cccc(F)c3)[C@H]3COC(=O)[C@H]23)OCO4)cc(OC)c1O. The van der Waals surface area contributed by atoms with E-state index in [0.29, 0.717) is 22.6 Å². The molecule has 6 rings (SSSR count). The molecule has 0 saturated carbocycles. The molecule has 0 radical (unpaired) electrons. The molecule has 3 aromatic rings. The fraction of sp³-hybridized carbons (Fsp3) is 0.286. The lowest BCUT2D eigenvalue weighted by atomic mass is 9.65. The fourth-order valence-electron chi connectivity index (χ4n) is 5.70. The lowest BCUT2D eigenvalue weighted by molar-refractivity contribution is -0.141. The van der Waals surface area contributed by atoms with Crippen LogP contribution in [-0.4, -0.2) is 44.6 Å². The quantitative estimate of drug-likeness (QED) is 0.489. The van der Waals surface area contributed by atoms with Gasteiger partial charge in [0, 0.05) is 17.4 Å². The third-order valence-corrected chi connectivity index (χ3v) is 7.42. The first-order valence-corrected chi connectivity index (χ1v) is 12.0.